The molecule has 1 aliphatic heterocycles. The second-order valence-corrected chi connectivity index (χ2v) is 5.05. The highest BCUT2D eigenvalue weighted by Gasteiger charge is 2.60. The predicted molar refractivity (Wildman–Crippen MR) is 59.6 cm³/mol. The third-order valence-corrected chi connectivity index (χ3v) is 4.24. The number of fused-ring (bicyclic) bond motifs is 1. The smallest absolute Gasteiger partial charge is 0.134 e. The SMILES string of the molecule is CCC1CCC2(c3cccn3C)OC2C1. The third-order valence-electron chi connectivity index (χ3n) is 4.24. The number of rotatable bonds is 2. The minimum atomic E-state index is 0.101. The fourth-order valence-corrected chi connectivity index (χ4v) is 3.14. The summed E-state index contributed by atoms with van der Waals surface area (Å²) in [6, 6.07) is 4.33. The molecule has 3 unspecified atom stereocenters. The lowest BCUT2D eigenvalue weighted by molar-refractivity contribution is 0.273. The molecule has 1 aromatic rings. The van der Waals surface area contributed by atoms with E-state index in [1.807, 2.05) is 0 Å². The first-order chi connectivity index (χ1) is 7.26. The van der Waals surface area contributed by atoms with E-state index < -0.39 is 0 Å². The van der Waals surface area contributed by atoms with Crippen LogP contribution in [0.1, 0.15) is 38.3 Å². The van der Waals surface area contributed by atoms with Gasteiger partial charge in [-0.3, -0.25) is 0 Å². The van der Waals surface area contributed by atoms with E-state index in [0.29, 0.717) is 6.10 Å². The zero-order valence-electron chi connectivity index (χ0n) is 9.57. The number of aryl methyl sites for hydroxylation is 1. The Kier molecular flexibility index (Phi) is 1.96. The topological polar surface area (TPSA) is 17.5 Å². The zero-order valence-corrected chi connectivity index (χ0v) is 9.57. The maximum atomic E-state index is 6.00. The Hall–Kier alpha value is -0.760. The van der Waals surface area contributed by atoms with Gasteiger partial charge in [0, 0.05) is 13.2 Å². The van der Waals surface area contributed by atoms with Gasteiger partial charge in [-0.15, -0.1) is 0 Å². The van der Waals surface area contributed by atoms with Gasteiger partial charge in [0.25, 0.3) is 0 Å². The fraction of sp³-hybridized carbons (Fsp3) is 0.692. The average molecular weight is 205 g/mol. The summed E-state index contributed by atoms with van der Waals surface area (Å²) in [6.45, 7) is 2.29. The summed E-state index contributed by atoms with van der Waals surface area (Å²) in [4.78, 5) is 0. The molecule has 2 heteroatoms. The maximum Gasteiger partial charge on any atom is 0.134 e. The molecule has 1 saturated heterocycles. The van der Waals surface area contributed by atoms with E-state index in [1.165, 1.54) is 31.4 Å². The Morgan fingerprint density at radius 2 is 2.47 bits per heavy atom. The first-order valence-corrected chi connectivity index (χ1v) is 6.06. The highest BCUT2D eigenvalue weighted by atomic mass is 16.6. The summed E-state index contributed by atoms with van der Waals surface area (Å²) < 4.78 is 8.22. The molecule has 0 bridgehead atoms. The van der Waals surface area contributed by atoms with Crippen molar-refractivity contribution in [1.82, 2.24) is 4.57 Å². The van der Waals surface area contributed by atoms with Gasteiger partial charge in [0.15, 0.2) is 0 Å². The van der Waals surface area contributed by atoms with Crippen LogP contribution in [-0.4, -0.2) is 10.7 Å². The summed E-state index contributed by atoms with van der Waals surface area (Å²) in [5, 5.41) is 0. The molecule has 2 nitrogen and oxygen atoms in total. The van der Waals surface area contributed by atoms with Gasteiger partial charge in [0.05, 0.1) is 11.8 Å². The summed E-state index contributed by atoms with van der Waals surface area (Å²) >= 11 is 0. The molecule has 2 fully saturated rings. The Morgan fingerprint density at radius 1 is 1.60 bits per heavy atom. The molecule has 15 heavy (non-hydrogen) atoms. The lowest BCUT2D eigenvalue weighted by atomic mass is 9.79. The van der Waals surface area contributed by atoms with Crippen molar-refractivity contribution >= 4 is 0 Å². The van der Waals surface area contributed by atoms with Crippen molar-refractivity contribution in [3.05, 3.63) is 24.0 Å². The molecular formula is C13H19NO. The van der Waals surface area contributed by atoms with Crippen LogP contribution in [-0.2, 0) is 17.4 Å². The summed E-state index contributed by atoms with van der Waals surface area (Å²) in [5.74, 6) is 0.894. The molecule has 0 N–H and O–H groups in total. The van der Waals surface area contributed by atoms with E-state index >= 15 is 0 Å². The molecular weight excluding hydrogens is 186 g/mol. The van der Waals surface area contributed by atoms with Gasteiger partial charge in [-0.1, -0.05) is 13.3 Å². The molecule has 0 radical (unpaired) electrons. The van der Waals surface area contributed by atoms with Gasteiger partial charge >= 0.3 is 0 Å². The Balaban J connectivity index is 1.83. The van der Waals surface area contributed by atoms with Crippen LogP contribution in [0, 0.1) is 5.92 Å². The molecule has 2 aliphatic rings. The van der Waals surface area contributed by atoms with Crippen molar-refractivity contribution in [2.75, 3.05) is 0 Å². The van der Waals surface area contributed by atoms with Crippen molar-refractivity contribution < 1.29 is 4.74 Å². The highest BCUT2D eigenvalue weighted by molar-refractivity contribution is 5.25. The molecule has 1 aromatic heterocycles. The Bertz CT molecular complexity index is 370. The molecule has 0 aromatic carbocycles. The standard InChI is InChI=1S/C13H19NO/c1-3-10-6-7-13(12(9-10)15-13)11-5-4-8-14(11)2/h4-5,8,10,12H,3,6-7,9H2,1-2H3. The molecule has 3 atom stereocenters. The normalized spacial score (nSPS) is 38.8. The minimum absolute atomic E-state index is 0.101. The van der Waals surface area contributed by atoms with E-state index in [4.69, 9.17) is 4.74 Å². The zero-order chi connectivity index (χ0) is 10.5. The predicted octanol–water partition coefficient (Wildman–Crippen LogP) is 2.83. The number of hydrogen-bond donors (Lipinski definition) is 0. The van der Waals surface area contributed by atoms with Crippen LogP contribution in [0.15, 0.2) is 18.3 Å². The Labute approximate surface area is 91.2 Å². The number of aromatic nitrogens is 1. The monoisotopic (exact) mass is 205 g/mol. The van der Waals surface area contributed by atoms with E-state index in [9.17, 15) is 0 Å². The van der Waals surface area contributed by atoms with E-state index in [0.717, 1.165) is 5.92 Å². The summed E-state index contributed by atoms with van der Waals surface area (Å²) in [5.41, 5.74) is 1.48. The van der Waals surface area contributed by atoms with Crippen LogP contribution >= 0.6 is 0 Å². The number of hydrogen-bond acceptors (Lipinski definition) is 1. The van der Waals surface area contributed by atoms with Gasteiger partial charge in [-0.05, 0) is 37.3 Å². The molecule has 0 amide bonds. The lowest BCUT2D eigenvalue weighted by Crippen LogP contribution is -2.24. The molecule has 1 aliphatic carbocycles. The van der Waals surface area contributed by atoms with E-state index in [-0.39, 0.29) is 5.60 Å². The largest absolute Gasteiger partial charge is 0.359 e. The molecule has 82 valence electrons. The average Bonchev–Trinajstić information content (AvgIpc) is 2.83. The van der Waals surface area contributed by atoms with Crippen molar-refractivity contribution in [2.24, 2.45) is 13.0 Å². The Morgan fingerprint density at radius 3 is 3.07 bits per heavy atom. The van der Waals surface area contributed by atoms with Crippen LogP contribution in [0.5, 0.6) is 0 Å². The second-order valence-electron chi connectivity index (χ2n) is 5.05. The van der Waals surface area contributed by atoms with Crippen molar-refractivity contribution in [3.8, 4) is 0 Å². The fourth-order valence-electron chi connectivity index (χ4n) is 3.14. The lowest BCUT2D eigenvalue weighted by Gasteiger charge is -2.24. The molecule has 3 rings (SSSR count). The van der Waals surface area contributed by atoms with Crippen LogP contribution in [0.3, 0.4) is 0 Å². The van der Waals surface area contributed by atoms with Gasteiger partial charge in [0.2, 0.25) is 0 Å². The summed E-state index contributed by atoms with van der Waals surface area (Å²) in [7, 11) is 2.12. The number of epoxide rings is 1. The van der Waals surface area contributed by atoms with Gasteiger partial charge in [-0.2, -0.15) is 0 Å². The van der Waals surface area contributed by atoms with Crippen LogP contribution in [0.4, 0.5) is 0 Å². The highest BCUT2D eigenvalue weighted by Crippen LogP contribution is 2.56. The van der Waals surface area contributed by atoms with Crippen LogP contribution in [0.2, 0.25) is 0 Å². The summed E-state index contributed by atoms with van der Waals surface area (Å²) in [6.07, 6.45) is 7.75. The van der Waals surface area contributed by atoms with Crippen molar-refractivity contribution in [1.29, 1.82) is 0 Å². The number of ether oxygens (including phenoxy) is 1. The second kappa shape index (κ2) is 3.11. The van der Waals surface area contributed by atoms with Crippen LogP contribution in [0.25, 0.3) is 0 Å². The molecule has 0 spiro atoms. The maximum absolute atomic E-state index is 6.00. The van der Waals surface area contributed by atoms with E-state index in [1.54, 1.807) is 0 Å². The molecule has 2 heterocycles. The van der Waals surface area contributed by atoms with Gasteiger partial charge < -0.3 is 9.30 Å². The third kappa shape index (κ3) is 1.27. The van der Waals surface area contributed by atoms with Crippen molar-refractivity contribution in [2.45, 2.75) is 44.3 Å². The van der Waals surface area contributed by atoms with Gasteiger partial charge in [-0.25, -0.2) is 0 Å². The minimum Gasteiger partial charge on any atom is -0.359 e. The first kappa shape index (κ1) is 9.46. The quantitative estimate of drug-likeness (QED) is 0.679. The molecule has 1 saturated carbocycles. The van der Waals surface area contributed by atoms with E-state index in [2.05, 4.69) is 36.9 Å². The first-order valence-electron chi connectivity index (χ1n) is 6.06. The number of nitrogens with zero attached hydrogens (tertiary/aromatic N) is 1. The van der Waals surface area contributed by atoms with Crippen molar-refractivity contribution in [3.63, 3.8) is 0 Å². The van der Waals surface area contributed by atoms with Gasteiger partial charge in [0.1, 0.15) is 5.60 Å². The van der Waals surface area contributed by atoms with Crippen LogP contribution < -0.4 is 0 Å².